The molecule has 0 saturated carbocycles. The summed E-state index contributed by atoms with van der Waals surface area (Å²) >= 11 is 0. The zero-order valence-electron chi connectivity index (χ0n) is 15.3. The molecule has 4 nitrogen and oxygen atoms in total. The SMILES string of the molecule is CC(C)COC(=O)C(Cc1ccccc1)C(Cc1ccccc1)C(=O)O. The van der Waals surface area contributed by atoms with Gasteiger partial charge in [-0.25, -0.2) is 0 Å². The van der Waals surface area contributed by atoms with Gasteiger partial charge in [-0.3, -0.25) is 9.59 Å². The number of rotatable bonds is 9. The van der Waals surface area contributed by atoms with Gasteiger partial charge in [0, 0.05) is 0 Å². The Kier molecular flexibility index (Phi) is 7.39. The molecule has 26 heavy (non-hydrogen) atoms. The lowest BCUT2D eigenvalue weighted by Crippen LogP contribution is -2.35. The number of carboxylic acid groups (broad SMARTS) is 1. The number of aliphatic carboxylic acids is 1. The molecule has 0 aliphatic carbocycles. The lowest BCUT2D eigenvalue weighted by atomic mass is 9.82. The third kappa shape index (κ3) is 6.03. The molecule has 2 unspecified atom stereocenters. The van der Waals surface area contributed by atoms with Gasteiger partial charge in [0.05, 0.1) is 18.4 Å². The van der Waals surface area contributed by atoms with Gasteiger partial charge in [0.15, 0.2) is 0 Å². The molecule has 0 amide bonds. The Morgan fingerprint density at radius 2 is 1.31 bits per heavy atom. The summed E-state index contributed by atoms with van der Waals surface area (Å²) in [6.45, 7) is 4.21. The normalized spacial score (nSPS) is 13.2. The van der Waals surface area contributed by atoms with E-state index in [0.29, 0.717) is 19.4 Å². The minimum atomic E-state index is -0.976. The molecule has 2 aromatic rings. The van der Waals surface area contributed by atoms with E-state index in [0.717, 1.165) is 11.1 Å². The van der Waals surface area contributed by atoms with Crippen molar-refractivity contribution >= 4 is 11.9 Å². The van der Waals surface area contributed by atoms with Crippen molar-refractivity contribution in [3.05, 3.63) is 71.8 Å². The quantitative estimate of drug-likeness (QED) is 0.692. The Morgan fingerprint density at radius 1 is 0.846 bits per heavy atom. The van der Waals surface area contributed by atoms with Crippen molar-refractivity contribution in [1.82, 2.24) is 0 Å². The van der Waals surface area contributed by atoms with Gasteiger partial charge in [0.1, 0.15) is 0 Å². The van der Waals surface area contributed by atoms with Crippen LogP contribution in [0, 0.1) is 17.8 Å². The van der Waals surface area contributed by atoms with Crippen molar-refractivity contribution in [2.75, 3.05) is 6.61 Å². The van der Waals surface area contributed by atoms with Crippen LogP contribution in [0.5, 0.6) is 0 Å². The molecule has 2 aromatic carbocycles. The molecule has 138 valence electrons. The molecule has 2 atom stereocenters. The zero-order chi connectivity index (χ0) is 18.9. The predicted molar refractivity (Wildman–Crippen MR) is 101 cm³/mol. The number of hydrogen-bond acceptors (Lipinski definition) is 3. The summed E-state index contributed by atoms with van der Waals surface area (Å²) in [5, 5.41) is 9.80. The van der Waals surface area contributed by atoms with Gasteiger partial charge in [-0.15, -0.1) is 0 Å². The standard InChI is InChI=1S/C22H26O4/c1-16(2)15-26-22(25)20(14-18-11-7-4-8-12-18)19(21(23)24)13-17-9-5-3-6-10-17/h3-12,16,19-20H,13-15H2,1-2H3,(H,23,24). The van der Waals surface area contributed by atoms with Crippen LogP contribution in [0.4, 0.5) is 0 Å². The molecule has 0 spiro atoms. The second kappa shape index (κ2) is 9.76. The van der Waals surface area contributed by atoms with E-state index in [1.54, 1.807) is 0 Å². The molecule has 0 bridgehead atoms. The number of ether oxygens (including phenoxy) is 1. The fourth-order valence-electron chi connectivity index (χ4n) is 2.88. The van der Waals surface area contributed by atoms with Crippen LogP contribution in [-0.2, 0) is 27.2 Å². The predicted octanol–water partition coefficient (Wildman–Crippen LogP) is 3.99. The summed E-state index contributed by atoms with van der Waals surface area (Å²) in [5.74, 6) is -2.78. The second-order valence-corrected chi connectivity index (χ2v) is 6.95. The smallest absolute Gasteiger partial charge is 0.310 e. The fourth-order valence-corrected chi connectivity index (χ4v) is 2.88. The highest BCUT2D eigenvalue weighted by molar-refractivity contribution is 5.81. The van der Waals surface area contributed by atoms with Crippen LogP contribution in [-0.4, -0.2) is 23.7 Å². The first-order valence-electron chi connectivity index (χ1n) is 8.94. The molecule has 0 heterocycles. The molecule has 0 radical (unpaired) electrons. The Balaban J connectivity index is 2.25. The summed E-state index contributed by atoms with van der Waals surface area (Å²) < 4.78 is 5.40. The second-order valence-electron chi connectivity index (χ2n) is 6.95. The van der Waals surface area contributed by atoms with Gasteiger partial charge in [0.2, 0.25) is 0 Å². The monoisotopic (exact) mass is 354 g/mol. The van der Waals surface area contributed by atoms with Gasteiger partial charge in [-0.1, -0.05) is 74.5 Å². The van der Waals surface area contributed by atoms with Crippen molar-refractivity contribution < 1.29 is 19.4 Å². The average molecular weight is 354 g/mol. The molecule has 0 saturated heterocycles. The topological polar surface area (TPSA) is 63.6 Å². The fraction of sp³-hybridized carbons (Fsp3) is 0.364. The summed E-state index contributed by atoms with van der Waals surface area (Å²) in [7, 11) is 0. The number of carbonyl (C=O) groups is 2. The first-order chi connectivity index (χ1) is 12.5. The zero-order valence-corrected chi connectivity index (χ0v) is 15.3. The minimum absolute atomic E-state index is 0.203. The van der Waals surface area contributed by atoms with E-state index in [1.807, 2.05) is 74.5 Å². The highest BCUT2D eigenvalue weighted by atomic mass is 16.5. The van der Waals surface area contributed by atoms with Crippen molar-refractivity contribution in [1.29, 1.82) is 0 Å². The number of hydrogen-bond donors (Lipinski definition) is 1. The maximum absolute atomic E-state index is 12.7. The summed E-state index contributed by atoms with van der Waals surface area (Å²) in [6, 6.07) is 18.9. The third-order valence-corrected chi connectivity index (χ3v) is 4.26. The molecule has 0 aliphatic heterocycles. The van der Waals surface area contributed by atoms with E-state index in [1.165, 1.54) is 0 Å². The molecular weight excluding hydrogens is 328 g/mol. The average Bonchev–Trinajstić information content (AvgIpc) is 2.64. The van der Waals surface area contributed by atoms with Crippen molar-refractivity contribution in [2.45, 2.75) is 26.7 Å². The van der Waals surface area contributed by atoms with Crippen LogP contribution in [0.2, 0.25) is 0 Å². The molecule has 0 aromatic heterocycles. The van der Waals surface area contributed by atoms with Gasteiger partial charge in [0.25, 0.3) is 0 Å². The highest BCUT2D eigenvalue weighted by Gasteiger charge is 2.35. The molecule has 0 aliphatic rings. The van der Waals surface area contributed by atoms with Crippen molar-refractivity contribution in [3.8, 4) is 0 Å². The number of carbonyl (C=O) groups excluding carboxylic acids is 1. The van der Waals surface area contributed by atoms with E-state index in [9.17, 15) is 14.7 Å². The van der Waals surface area contributed by atoms with Crippen molar-refractivity contribution in [3.63, 3.8) is 0 Å². The van der Waals surface area contributed by atoms with Crippen LogP contribution in [0.15, 0.2) is 60.7 Å². The summed E-state index contributed by atoms with van der Waals surface area (Å²) in [5.41, 5.74) is 1.83. The molecular formula is C22H26O4. The maximum Gasteiger partial charge on any atom is 0.310 e. The minimum Gasteiger partial charge on any atom is -0.481 e. The van der Waals surface area contributed by atoms with E-state index >= 15 is 0 Å². The molecule has 1 N–H and O–H groups in total. The molecule has 0 fully saturated rings. The van der Waals surface area contributed by atoms with E-state index in [-0.39, 0.29) is 5.92 Å². The first kappa shape index (κ1) is 19.7. The van der Waals surface area contributed by atoms with Crippen LogP contribution < -0.4 is 0 Å². The lowest BCUT2D eigenvalue weighted by molar-refractivity contribution is -0.158. The Morgan fingerprint density at radius 3 is 1.73 bits per heavy atom. The third-order valence-electron chi connectivity index (χ3n) is 4.26. The van der Waals surface area contributed by atoms with E-state index in [2.05, 4.69) is 0 Å². The Hall–Kier alpha value is -2.62. The van der Waals surface area contributed by atoms with Gasteiger partial charge in [-0.2, -0.15) is 0 Å². The number of benzene rings is 2. The highest BCUT2D eigenvalue weighted by Crippen LogP contribution is 2.24. The van der Waals surface area contributed by atoms with Crippen LogP contribution >= 0.6 is 0 Å². The van der Waals surface area contributed by atoms with Crippen LogP contribution in [0.1, 0.15) is 25.0 Å². The maximum atomic E-state index is 12.7. The van der Waals surface area contributed by atoms with Crippen molar-refractivity contribution in [2.24, 2.45) is 17.8 Å². The van der Waals surface area contributed by atoms with Gasteiger partial charge < -0.3 is 9.84 Å². The van der Waals surface area contributed by atoms with E-state index < -0.39 is 23.8 Å². The summed E-state index contributed by atoms with van der Waals surface area (Å²) in [4.78, 5) is 24.7. The van der Waals surface area contributed by atoms with Crippen LogP contribution in [0.3, 0.4) is 0 Å². The Bertz CT molecular complexity index is 695. The lowest BCUT2D eigenvalue weighted by Gasteiger charge is -2.23. The van der Waals surface area contributed by atoms with E-state index in [4.69, 9.17) is 4.74 Å². The Labute approximate surface area is 154 Å². The molecule has 2 rings (SSSR count). The molecule has 4 heteroatoms. The van der Waals surface area contributed by atoms with Gasteiger partial charge in [-0.05, 0) is 29.9 Å². The number of esters is 1. The largest absolute Gasteiger partial charge is 0.481 e. The van der Waals surface area contributed by atoms with Gasteiger partial charge >= 0.3 is 11.9 Å². The first-order valence-corrected chi connectivity index (χ1v) is 8.94. The summed E-state index contributed by atoms with van der Waals surface area (Å²) in [6.07, 6.45) is 0.645. The number of carboxylic acids is 1. The van der Waals surface area contributed by atoms with Crippen LogP contribution in [0.25, 0.3) is 0 Å².